The van der Waals surface area contributed by atoms with E-state index in [0.717, 1.165) is 49.3 Å². The number of aryl methyl sites for hydroxylation is 1. The highest BCUT2D eigenvalue weighted by molar-refractivity contribution is 5.84. The van der Waals surface area contributed by atoms with Gasteiger partial charge in [0.1, 0.15) is 5.82 Å². The molecule has 2 aromatic heterocycles. The van der Waals surface area contributed by atoms with Gasteiger partial charge in [-0.05, 0) is 24.8 Å². The average Bonchev–Trinajstić information content (AvgIpc) is 3.31. The van der Waals surface area contributed by atoms with Crippen molar-refractivity contribution in [2.45, 2.75) is 38.1 Å². The molecular weight excluding hydrogens is 326 g/mol. The largest absolute Gasteiger partial charge is 0.355 e. The number of fused-ring (bicyclic) bond motifs is 1. The summed E-state index contributed by atoms with van der Waals surface area (Å²) in [7, 11) is 0. The zero-order chi connectivity index (χ0) is 17.8. The maximum Gasteiger partial charge on any atom is 0.227 e. The number of amides is 1. The lowest BCUT2D eigenvalue weighted by atomic mass is 9.86. The molecule has 1 aliphatic carbocycles. The zero-order valence-corrected chi connectivity index (χ0v) is 14.7. The van der Waals surface area contributed by atoms with Crippen molar-refractivity contribution >= 4 is 5.91 Å². The van der Waals surface area contributed by atoms with Crippen LogP contribution in [0.2, 0.25) is 0 Å². The quantitative estimate of drug-likeness (QED) is 0.718. The summed E-state index contributed by atoms with van der Waals surface area (Å²) in [6.45, 7) is 1.39. The van der Waals surface area contributed by atoms with Crippen molar-refractivity contribution in [2.24, 2.45) is 0 Å². The number of nitrogens with zero attached hydrogens (tertiary/aromatic N) is 3. The summed E-state index contributed by atoms with van der Waals surface area (Å²) in [4.78, 5) is 17.0. The molecule has 0 bridgehead atoms. The van der Waals surface area contributed by atoms with Gasteiger partial charge in [0.2, 0.25) is 5.91 Å². The maximum atomic E-state index is 12.6. The smallest absolute Gasteiger partial charge is 0.227 e. The van der Waals surface area contributed by atoms with Crippen LogP contribution >= 0.6 is 0 Å². The molecule has 134 valence electrons. The van der Waals surface area contributed by atoms with Gasteiger partial charge in [0.15, 0.2) is 0 Å². The molecule has 0 fully saturated rings. The fraction of sp³-hybridized carbons (Fsp3) is 0.350. The van der Waals surface area contributed by atoms with Crippen molar-refractivity contribution in [3.63, 3.8) is 0 Å². The number of aromatic amines is 1. The van der Waals surface area contributed by atoms with Crippen LogP contribution in [-0.4, -0.2) is 32.2 Å². The van der Waals surface area contributed by atoms with Crippen molar-refractivity contribution < 1.29 is 4.79 Å². The van der Waals surface area contributed by atoms with Crippen LogP contribution in [0.15, 0.2) is 48.9 Å². The molecule has 6 heteroatoms. The second kappa shape index (κ2) is 7.56. The van der Waals surface area contributed by atoms with Crippen LogP contribution in [0, 0.1) is 0 Å². The number of benzene rings is 1. The van der Waals surface area contributed by atoms with E-state index in [-0.39, 0.29) is 11.8 Å². The Hall–Kier alpha value is -2.89. The minimum atomic E-state index is -0.0819. The van der Waals surface area contributed by atoms with Crippen LogP contribution in [0.25, 0.3) is 0 Å². The predicted octanol–water partition coefficient (Wildman–Crippen LogP) is 2.43. The van der Waals surface area contributed by atoms with Crippen LogP contribution in [0.1, 0.15) is 41.4 Å². The van der Waals surface area contributed by atoms with Gasteiger partial charge < -0.3 is 9.88 Å². The number of hydrogen-bond acceptors (Lipinski definition) is 3. The summed E-state index contributed by atoms with van der Waals surface area (Å²) < 4.78 is 2.14. The molecule has 1 unspecified atom stereocenters. The molecule has 6 nitrogen and oxygen atoms in total. The monoisotopic (exact) mass is 349 g/mol. The topological polar surface area (TPSA) is 75.6 Å². The van der Waals surface area contributed by atoms with Crippen LogP contribution in [0.3, 0.4) is 0 Å². The highest BCUT2D eigenvalue weighted by Gasteiger charge is 2.27. The van der Waals surface area contributed by atoms with Gasteiger partial charge >= 0.3 is 0 Å². The van der Waals surface area contributed by atoms with Gasteiger partial charge in [-0.3, -0.25) is 9.89 Å². The third-order valence-corrected chi connectivity index (χ3v) is 5.01. The highest BCUT2D eigenvalue weighted by atomic mass is 16.1. The molecule has 0 saturated carbocycles. The summed E-state index contributed by atoms with van der Waals surface area (Å²) in [5.74, 6) is 0.997. The summed E-state index contributed by atoms with van der Waals surface area (Å²) in [6.07, 6.45) is 9.22. The Kier molecular flexibility index (Phi) is 4.82. The Morgan fingerprint density at radius 3 is 3.08 bits per heavy atom. The predicted molar refractivity (Wildman–Crippen MR) is 98.8 cm³/mol. The van der Waals surface area contributed by atoms with E-state index in [1.165, 1.54) is 5.56 Å². The lowest BCUT2D eigenvalue weighted by Gasteiger charge is -2.21. The molecule has 1 amide bonds. The van der Waals surface area contributed by atoms with Crippen LogP contribution in [-0.2, 0) is 24.2 Å². The van der Waals surface area contributed by atoms with E-state index < -0.39 is 0 Å². The van der Waals surface area contributed by atoms with E-state index in [9.17, 15) is 4.79 Å². The molecule has 1 aromatic carbocycles. The molecule has 2 heterocycles. The van der Waals surface area contributed by atoms with Crippen LogP contribution in [0.5, 0.6) is 0 Å². The number of H-pyrrole nitrogens is 1. The number of aromatic nitrogens is 4. The summed E-state index contributed by atoms with van der Waals surface area (Å²) in [5, 5.41) is 10.2. The second-order valence-corrected chi connectivity index (χ2v) is 6.75. The molecular formula is C20H23N5O. The molecule has 3 aromatic rings. The van der Waals surface area contributed by atoms with Crippen molar-refractivity contribution in [2.75, 3.05) is 6.54 Å². The van der Waals surface area contributed by atoms with Gasteiger partial charge in [0.05, 0.1) is 12.1 Å². The molecule has 0 spiro atoms. The van der Waals surface area contributed by atoms with Gasteiger partial charge in [-0.1, -0.05) is 30.3 Å². The Balaban J connectivity index is 1.33. The van der Waals surface area contributed by atoms with Gasteiger partial charge in [0.25, 0.3) is 0 Å². The summed E-state index contributed by atoms with van der Waals surface area (Å²) in [5.41, 5.74) is 3.40. The number of imidazole rings is 1. The molecule has 26 heavy (non-hydrogen) atoms. The van der Waals surface area contributed by atoms with E-state index in [1.54, 1.807) is 6.20 Å². The fourth-order valence-corrected chi connectivity index (χ4v) is 3.65. The SMILES string of the molecule is O=C(NCCc1nccn1Cc1ccccc1)C1CCCc2[nH]ncc21. The van der Waals surface area contributed by atoms with E-state index in [2.05, 4.69) is 37.2 Å². The molecule has 0 radical (unpaired) electrons. The summed E-state index contributed by atoms with van der Waals surface area (Å²) >= 11 is 0. The molecule has 2 N–H and O–H groups in total. The van der Waals surface area contributed by atoms with Crippen molar-refractivity contribution in [3.8, 4) is 0 Å². The summed E-state index contributed by atoms with van der Waals surface area (Å²) in [6, 6.07) is 10.3. The number of nitrogens with one attached hydrogen (secondary N) is 2. The minimum absolute atomic E-state index is 0.0819. The maximum absolute atomic E-state index is 12.6. The van der Waals surface area contributed by atoms with E-state index in [4.69, 9.17) is 0 Å². The van der Waals surface area contributed by atoms with Gasteiger partial charge in [-0.15, -0.1) is 0 Å². The van der Waals surface area contributed by atoms with Crippen LogP contribution in [0.4, 0.5) is 0 Å². The number of hydrogen-bond donors (Lipinski definition) is 2. The Bertz CT molecular complexity index is 867. The van der Waals surface area contributed by atoms with Gasteiger partial charge in [-0.25, -0.2) is 4.98 Å². The first kappa shape index (κ1) is 16.6. The molecule has 0 saturated heterocycles. The lowest BCUT2D eigenvalue weighted by molar-refractivity contribution is -0.122. The Labute approximate surface area is 152 Å². The third-order valence-electron chi connectivity index (χ3n) is 5.01. The lowest BCUT2D eigenvalue weighted by Crippen LogP contribution is -2.33. The van der Waals surface area contributed by atoms with E-state index >= 15 is 0 Å². The highest BCUT2D eigenvalue weighted by Crippen LogP contribution is 2.30. The average molecular weight is 349 g/mol. The third kappa shape index (κ3) is 3.54. The van der Waals surface area contributed by atoms with E-state index in [1.807, 2.05) is 30.6 Å². The molecule has 4 rings (SSSR count). The molecule has 0 aliphatic heterocycles. The number of carbonyl (C=O) groups is 1. The molecule has 1 aliphatic rings. The van der Waals surface area contributed by atoms with Crippen LogP contribution < -0.4 is 5.32 Å². The van der Waals surface area contributed by atoms with E-state index in [0.29, 0.717) is 6.54 Å². The molecule has 1 atom stereocenters. The number of carbonyl (C=O) groups excluding carboxylic acids is 1. The number of rotatable bonds is 6. The van der Waals surface area contributed by atoms with Crippen molar-refractivity contribution in [3.05, 3.63) is 71.6 Å². The fourth-order valence-electron chi connectivity index (χ4n) is 3.65. The van der Waals surface area contributed by atoms with Crippen molar-refractivity contribution in [1.82, 2.24) is 25.1 Å². The zero-order valence-electron chi connectivity index (χ0n) is 14.7. The van der Waals surface area contributed by atoms with Gasteiger partial charge in [-0.2, -0.15) is 5.10 Å². The Morgan fingerprint density at radius 1 is 1.31 bits per heavy atom. The standard InChI is InChI=1S/C20H23N5O/c26-20(16-7-4-8-18-17(16)13-23-24-18)22-10-9-19-21-11-12-25(19)14-15-5-2-1-3-6-15/h1-3,5-6,11-13,16H,4,7-10,14H2,(H,22,26)(H,23,24). The minimum Gasteiger partial charge on any atom is -0.355 e. The normalized spacial score (nSPS) is 16.2. The first-order valence-electron chi connectivity index (χ1n) is 9.15. The first-order chi connectivity index (χ1) is 12.8. The Morgan fingerprint density at radius 2 is 2.19 bits per heavy atom. The van der Waals surface area contributed by atoms with Crippen molar-refractivity contribution in [1.29, 1.82) is 0 Å². The van der Waals surface area contributed by atoms with Gasteiger partial charge in [0, 0.05) is 43.2 Å². The second-order valence-electron chi connectivity index (χ2n) is 6.75. The first-order valence-corrected chi connectivity index (χ1v) is 9.15.